The van der Waals surface area contributed by atoms with Gasteiger partial charge in [-0.3, -0.25) is 4.79 Å². The highest BCUT2D eigenvalue weighted by Gasteiger charge is 2.29. The molecule has 1 atom stereocenters. The molecule has 2 rings (SSSR count). The smallest absolute Gasteiger partial charge is 0.321 e. The third kappa shape index (κ3) is 4.97. The lowest BCUT2D eigenvalue weighted by Gasteiger charge is -2.22. The summed E-state index contributed by atoms with van der Waals surface area (Å²) in [6.07, 6.45) is 4.27. The number of nitrogens with zero attached hydrogens (tertiary/aromatic N) is 1. The lowest BCUT2D eigenvalue weighted by atomic mass is 10.0. The van der Waals surface area contributed by atoms with Crippen molar-refractivity contribution in [3.63, 3.8) is 0 Å². The number of carboxylic acids is 1. The van der Waals surface area contributed by atoms with Crippen LogP contribution in [0.3, 0.4) is 0 Å². The highest BCUT2D eigenvalue weighted by Crippen LogP contribution is 2.29. The van der Waals surface area contributed by atoms with Gasteiger partial charge < -0.3 is 15.3 Å². The molecule has 0 radical (unpaired) electrons. The van der Waals surface area contributed by atoms with Gasteiger partial charge in [0.05, 0.1) is 16.1 Å². The average Bonchev–Trinajstić information content (AvgIpc) is 2.62. The second-order valence-electron chi connectivity index (χ2n) is 6.88. The molecule has 0 bridgehead atoms. The number of anilines is 1. The van der Waals surface area contributed by atoms with Crippen LogP contribution in [0, 0.1) is 5.92 Å². The maximum absolute atomic E-state index is 12.8. The SMILES string of the molecule is CC(CN(C)C(=O)Nc1cccc(S(=O)(=O)C2CCCCC2)c1)C(=O)O. The Balaban J connectivity index is 2.09. The summed E-state index contributed by atoms with van der Waals surface area (Å²) >= 11 is 0. The number of hydrogen-bond donors (Lipinski definition) is 2. The normalized spacial score (nSPS) is 16.7. The molecule has 2 amide bonds. The van der Waals surface area contributed by atoms with Gasteiger partial charge in [-0.15, -0.1) is 0 Å². The Morgan fingerprint density at radius 2 is 1.92 bits per heavy atom. The molecule has 0 spiro atoms. The zero-order valence-electron chi connectivity index (χ0n) is 15.1. The second-order valence-corrected chi connectivity index (χ2v) is 9.11. The molecule has 26 heavy (non-hydrogen) atoms. The fraction of sp³-hybridized carbons (Fsp3) is 0.556. The molecule has 7 nitrogen and oxygen atoms in total. The highest BCUT2D eigenvalue weighted by molar-refractivity contribution is 7.92. The number of carbonyl (C=O) groups excluding carboxylic acids is 1. The van der Waals surface area contributed by atoms with Crippen LogP contribution in [0.15, 0.2) is 29.2 Å². The zero-order valence-corrected chi connectivity index (χ0v) is 16.0. The first-order valence-corrected chi connectivity index (χ1v) is 10.4. The average molecular weight is 382 g/mol. The Morgan fingerprint density at radius 1 is 1.27 bits per heavy atom. The number of urea groups is 1. The monoisotopic (exact) mass is 382 g/mol. The number of rotatable bonds is 6. The minimum absolute atomic E-state index is 0.0568. The van der Waals surface area contributed by atoms with Crippen LogP contribution >= 0.6 is 0 Å². The van der Waals surface area contributed by atoms with Crippen LogP contribution in [0.5, 0.6) is 0 Å². The number of nitrogens with one attached hydrogen (secondary N) is 1. The molecular formula is C18H26N2O5S. The van der Waals surface area contributed by atoms with E-state index >= 15 is 0 Å². The van der Waals surface area contributed by atoms with Crippen molar-refractivity contribution in [1.29, 1.82) is 0 Å². The van der Waals surface area contributed by atoms with E-state index in [0.717, 1.165) is 19.3 Å². The van der Waals surface area contributed by atoms with E-state index in [1.54, 1.807) is 18.2 Å². The molecule has 0 aliphatic heterocycles. The minimum atomic E-state index is -3.41. The molecular weight excluding hydrogens is 356 g/mol. The third-order valence-corrected chi connectivity index (χ3v) is 6.98. The molecule has 1 aliphatic carbocycles. The van der Waals surface area contributed by atoms with Crippen molar-refractivity contribution in [3.8, 4) is 0 Å². The molecule has 1 aromatic carbocycles. The van der Waals surface area contributed by atoms with E-state index in [0.29, 0.717) is 18.5 Å². The first-order chi connectivity index (χ1) is 12.2. The lowest BCUT2D eigenvalue weighted by Crippen LogP contribution is -2.36. The number of hydrogen-bond acceptors (Lipinski definition) is 4. The van der Waals surface area contributed by atoms with Gasteiger partial charge in [-0.2, -0.15) is 0 Å². The lowest BCUT2D eigenvalue weighted by molar-refractivity contribution is -0.141. The molecule has 1 fully saturated rings. The van der Waals surface area contributed by atoms with E-state index in [1.807, 2.05) is 0 Å². The van der Waals surface area contributed by atoms with E-state index in [-0.39, 0.29) is 16.7 Å². The molecule has 8 heteroatoms. The number of carboxylic acid groups (broad SMARTS) is 1. The summed E-state index contributed by atoms with van der Waals surface area (Å²) in [4.78, 5) is 24.6. The first kappa shape index (κ1) is 20.2. The van der Waals surface area contributed by atoms with Gasteiger partial charge in [0.15, 0.2) is 9.84 Å². The summed E-state index contributed by atoms with van der Waals surface area (Å²) in [5.41, 5.74) is 0.377. The molecule has 1 unspecified atom stereocenters. The van der Waals surface area contributed by atoms with E-state index in [1.165, 1.54) is 24.9 Å². The fourth-order valence-electron chi connectivity index (χ4n) is 3.11. The Hall–Kier alpha value is -2.09. The molecule has 0 saturated heterocycles. The second kappa shape index (κ2) is 8.53. The van der Waals surface area contributed by atoms with E-state index in [4.69, 9.17) is 5.11 Å². The van der Waals surface area contributed by atoms with E-state index in [9.17, 15) is 18.0 Å². The van der Waals surface area contributed by atoms with Crippen LogP contribution < -0.4 is 5.32 Å². The van der Waals surface area contributed by atoms with Crippen molar-refractivity contribution in [2.75, 3.05) is 18.9 Å². The quantitative estimate of drug-likeness (QED) is 0.787. The van der Waals surface area contributed by atoms with Crippen LogP contribution in [-0.2, 0) is 14.6 Å². The molecule has 1 saturated carbocycles. The summed E-state index contributed by atoms with van der Waals surface area (Å²) in [5, 5.41) is 11.2. The number of aliphatic carboxylic acids is 1. The summed E-state index contributed by atoms with van der Waals surface area (Å²) < 4.78 is 25.6. The van der Waals surface area contributed by atoms with Crippen molar-refractivity contribution in [1.82, 2.24) is 4.90 Å². The van der Waals surface area contributed by atoms with Crippen molar-refractivity contribution in [2.45, 2.75) is 49.2 Å². The predicted octanol–water partition coefficient (Wildman–Crippen LogP) is 2.98. The van der Waals surface area contributed by atoms with Crippen molar-refractivity contribution < 1.29 is 23.1 Å². The molecule has 2 N–H and O–H groups in total. The maximum Gasteiger partial charge on any atom is 0.321 e. The Bertz CT molecular complexity index is 757. The van der Waals surface area contributed by atoms with Gasteiger partial charge in [0, 0.05) is 19.3 Å². The maximum atomic E-state index is 12.8. The Morgan fingerprint density at radius 3 is 2.54 bits per heavy atom. The molecule has 144 valence electrons. The number of benzene rings is 1. The van der Waals surface area contributed by atoms with E-state index in [2.05, 4.69) is 5.32 Å². The van der Waals surface area contributed by atoms with Gasteiger partial charge in [0.1, 0.15) is 0 Å². The molecule has 0 heterocycles. The van der Waals surface area contributed by atoms with Gasteiger partial charge >= 0.3 is 12.0 Å². The summed E-state index contributed by atoms with van der Waals surface area (Å²) in [6, 6.07) is 5.76. The minimum Gasteiger partial charge on any atom is -0.481 e. The number of carbonyl (C=O) groups is 2. The van der Waals surface area contributed by atoms with Crippen LogP contribution in [-0.4, -0.2) is 49.3 Å². The molecule has 1 aromatic rings. The molecule has 1 aliphatic rings. The van der Waals surface area contributed by atoms with Gasteiger partial charge in [-0.05, 0) is 31.0 Å². The van der Waals surface area contributed by atoms with E-state index < -0.39 is 27.8 Å². The highest BCUT2D eigenvalue weighted by atomic mass is 32.2. The standard InChI is InChI=1S/C18H26N2O5S/c1-13(17(21)22)12-20(2)18(23)19-14-7-6-10-16(11-14)26(24,25)15-8-4-3-5-9-15/h6-7,10-11,13,15H,3-5,8-9,12H2,1-2H3,(H,19,23)(H,21,22). The van der Waals surface area contributed by atoms with Gasteiger partial charge in [0.25, 0.3) is 0 Å². The van der Waals surface area contributed by atoms with Gasteiger partial charge in [-0.1, -0.05) is 32.3 Å². The van der Waals surface area contributed by atoms with Gasteiger partial charge in [-0.25, -0.2) is 13.2 Å². The Labute approximate surface area is 154 Å². The zero-order chi connectivity index (χ0) is 19.3. The first-order valence-electron chi connectivity index (χ1n) is 8.80. The summed E-state index contributed by atoms with van der Waals surface area (Å²) in [6.45, 7) is 1.57. The summed E-state index contributed by atoms with van der Waals surface area (Å²) in [7, 11) is -1.92. The predicted molar refractivity (Wildman–Crippen MR) is 98.9 cm³/mol. The van der Waals surface area contributed by atoms with Crippen LogP contribution in [0.25, 0.3) is 0 Å². The van der Waals surface area contributed by atoms with Crippen LogP contribution in [0.2, 0.25) is 0 Å². The van der Waals surface area contributed by atoms with Crippen molar-refractivity contribution in [3.05, 3.63) is 24.3 Å². The fourth-order valence-corrected chi connectivity index (χ4v) is 5.01. The van der Waals surface area contributed by atoms with Gasteiger partial charge in [0.2, 0.25) is 0 Å². The van der Waals surface area contributed by atoms with Crippen LogP contribution in [0.1, 0.15) is 39.0 Å². The largest absolute Gasteiger partial charge is 0.481 e. The van der Waals surface area contributed by atoms with Crippen LogP contribution in [0.4, 0.5) is 10.5 Å². The topological polar surface area (TPSA) is 104 Å². The number of amides is 2. The Kier molecular flexibility index (Phi) is 6.63. The van der Waals surface area contributed by atoms with Crippen molar-refractivity contribution >= 4 is 27.5 Å². The number of sulfone groups is 1. The van der Waals surface area contributed by atoms with Crippen molar-refractivity contribution in [2.24, 2.45) is 5.92 Å². The summed E-state index contributed by atoms with van der Waals surface area (Å²) in [5.74, 6) is -1.67. The molecule has 0 aromatic heterocycles. The third-order valence-electron chi connectivity index (χ3n) is 4.72.